The van der Waals surface area contributed by atoms with Gasteiger partial charge >= 0.3 is 0 Å². The summed E-state index contributed by atoms with van der Waals surface area (Å²) in [6.45, 7) is 8.70. The molecule has 0 saturated carbocycles. The Bertz CT molecular complexity index is 192. The van der Waals surface area contributed by atoms with E-state index in [1.54, 1.807) is 0 Å². The van der Waals surface area contributed by atoms with Crippen molar-refractivity contribution < 1.29 is 0 Å². The zero-order chi connectivity index (χ0) is 10.7. The second-order valence-electron chi connectivity index (χ2n) is 5.07. The summed E-state index contributed by atoms with van der Waals surface area (Å²) in [7, 11) is 0. The van der Waals surface area contributed by atoms with Gasteiger partial charge < -0.3 is 4.90 Å². The summed E-state index contributed by atoms with van der Waals surface area (Å²) in [4.78, 5) is 5.18. The van der Waals surface area contributed by atoms with Crippen LogP contribution in [0.1, 0.15) is 26.2 Å². The van der Waals surface area contributed by atoms with Gasteiger partial charge in [0.2, 0.25) is 0 Å². The van der Waals surface area contributed by atoms with Gasteiger partial charge in [-0.3, -0.25) is 4.90 Å². The largest absolute Gasteiger partial charge is 0.302 e. The summed E-state index contributed by atoms with van der Waals surface area (Å²) < 4.78 is 0. The molecule has 2 nitrogen and oxygen atoms in total. The fraction of sp³-hybridized carbons (Fsp3) is 1.00. The van der Waals surface area contributed by atoms with Crippen molar-refractivity contribution >= 4 is 11.6 Å². The summed E-state index contributed by atoms with van der Waals surface area (Å²) in [5.41, 5.74) is 0. The van der Waals surface area contributed by atoms with Crippen LogP contribution >= 0.6 is 11.6 Å². The van der Waals surface area contributed by atoms with E-state index in [0.717, 1.165) is 11.8 Å². The van der Waals surface area contributed by atoms with Crippen LogP contribution in [-0.2, 0) is 0 Å². The van der Waals surface area contributed by atoms with E-state index in [9.17, 15) is 0 Å². The molecule has 0 N–H and O–H groups in total. The Balaban J connectivity index is 1.73. The molecule has 0 aliphatic carbocycles. The van der Waals surface area contributed by atoms with E-state index in [1.807, 2.05) is 0 Å². The lowest BCUT2D eigenvalue weighted by atomic mass is 10.1. The Morgan fingerprint density at radius 3 is 2.53 bits per heavy atom. The summed E-state index contributed by atoms with van der Waals surface area (Å²) >= 11 is 6.04. The maximum absolute atomic E-state index is 6.04. The van der Waals surface area contributed by atoms with E-state index in [4.69, 9.17) is 11.6 Å². The minimum atomic E-state index is 0.634. The Morgan fingerprint density at radius 2 is 1.87 bits per heavy atom. The van der Waals surface area contributed by atoms with Crippen LogP contribution in [-0.4, -0.2) is 54.4 Å². The number of halogens is 1. The third-order valence-electron chi connectivity index (χ3n) is 4.06. The maximum atomic E-state index is 6.04. The Kier molecular flexibility index (Phi) is 4.30. The Labute approximate surface area is 98.6 Å². The van der Waals surface area contributed by atoms with Crippen LogP contribution < -0.4 is 0 Å². The highest BCUT2D eigenvalue weighted by atomic mass is 35.5. The molecule has 0 radical (unpaired) electrons. The molecule has 0 spiro atoms. The van der Waals surface area contributed by atoms with Crippen molar-refractivity contribution in [1.29, 1.82) is 0 Å². The van der Waals surface area contributed by atoms with E-state index in [-0.39, 0.29) is 0 Å². The van der Waals surface area contributed by atoms with Crippen LogP contribution in [0.5, 0.6) is 0 Å². The molecule has 15 heavy (non-hydrogen) atoms. The summed E-state index contributed by atoms with van der Waals surface area (Å²) in [6.07, 6.45) is 4.13. The lowest BCUT2D eigenvalue weighted by molar-refractivity contribution is 0.210. The van der Waals surface area contributed by atoms with E-state index in [2.05, 4.69) is 16.7 Å². The van der Waals surface area contributed by atoms with Gasteiger partial charge in [0.15, 0.2) is 0 Å². The van der Waals surface area contributed by atoms with Crippen LogP contribution in [0.3, 0.4) is 0 Å². The second-order valence-corrected chi connectivity index (χ2v) is 5.38. The molecule has 2 unspecified atom stereocenters. The number of likely N-dealkylation sites (tertiary alicyclic amines) is 2. The smallest absolute Gasteiger partial charge is 0.0382 e. The zero-order valence-electron chi connectivity index (χ0n) is 9.79. The van der Waals surface area contributed by atoms with Gasteiger partial charge in [-0.25, -0.2) is 0 Å². The van der Waals surface area contributed by atoms with Gasteiger partial charge in [-0.15, -0.1) is 11.6 Å². The minimum Gasteiger partial charge on any atom is -0.302 e. The van der Waals surface area contributed by atoms with Gasteiger partial charge in [0, 0.05) is 25.0 Å². The van der Waals surface area contributed by atoms with Crippen LogP contribution in [0.25, 0.3) is 0 Å². The third-order valence-corrected chi connectivity index (χ3v) is 4.37. The van der Waals surface area contributed by atoms with E-state index in [1.165, 1.54) is 52.0 Å². The molecular weight excluding hydrogens is 208 g/mol. The molecule has 0 aromatic heterocycles. The van der Waals surface area contributed by atoms with Crippen LogP contribution in [0.2, 0.25) is 0 Å². The van der Waals surface area contributed by atoms with Gasteiger partial charge in [-0.05, 0) is 44.8 Å². The third kappa shape index (κ3) is 2.86. The fourth-order valence-electron chi connectivity index (χ4n) is 2.89. The zero-order valence-corrected chi connectivity index (χ0v) is 10.5. The molecule has 0 aromatic rings. The van der Waals surface area contributed by atoms with Crippen LogP contribution in [0.15, 0.2) is 0 Å². The highest BCUT2D eigenvalue weighted by Crippen LogP contribution is 2.24. The summed E-state index contributed by atoms with van der Waals surface area (Å²) in [5, 5.41) is 0. The quantitative estimate of drug-likeness (QED) is 0.682. The molecule has 0 amide bonds. The predicted molar refractivity (Wildman–Crippen MR) is 65.5 cm³/mol. The minimum absolute atomic E-state index is 0.634. The lowest BCUT2D eigenvalue weighted by Crippen LogP contribution is -2.39. The van der Waals surface area contributed by atoms with Crippen molar-refractivity contribution in [3.63, 3.8) is 0 Å². The Hall–Kier alpha value is 0.210. The van der Waals surface area contributed by atoms with Crippen molar-refractivity contribution in [2.45, 2.75) is 32.2 Å². The van der Waals surface area contributed by atoms with Crippen molar-refractivity contribution in [1.82, 2.24) is 9.80 Å². The van der Waals surface area contributed by atoms with Crippen molar-refractivity contribution in [3.05, 3.63) is 0 Å². The second kappa shape index (κ2) is 5.51. The molecule has 2 rings (SSSR count). The van der Waals surface area contributed by atoms with Gasteiger partial charge in [0.25, 0.3) is 0 Å². The van der Waals surface area contributed by atoms with Crippen molar-refractivity contribution in [2.24, 2.45) is 5.92 Å². The molecule has 2 heterocycles. The van der Waals surface area contributed by atoms with E-state index in [0.29, 0.717) is 6.04 Å². The predicted octanol–water partition coefficient (Wildman–Crippen LogP) is 2.03. The highest BCUT2D eigenvalue weighted by molar-refractivity contribution is 6.18. The molecule has 2 aliphatic heterocycles. The lowest BCUT2D eigenvalue weighted by Gasteiger charge is -2.27. The van der Waals surface area contributed by atoms with Crippen LogP contribution in [0, 0.1) is 5.92 Å². The van der Waals surface area contributed by atoms with Gasteiger partial charge in [0.1, 0.15) is 0 Å². The van der Waals surface area contributed by atoms with Gasteiger partial charge in [0.05, 0.1) is 0 Å². The van der Waals surface area contributed by atoms with Gasteiger partial charge in [-0.1, -0.05) is 6.92 Å². The highest BCUT2D eigenvalue weighted by Gasteiger charge is 2.30. The number of hydrogen-bond donors (Lipinski definition) is 0. The molecule has 2 atom stereocenters. The average molecular weight is 231 g/mol. The number of rotatable bonds is 4. The first-order valence-corrected chi connectivity index (χ1v) is 6.87. The van der Waals surface area contributed by atoms with Gasteiger partial charge in [-0.2, -0.15) is 0 Å². The number of nitrogens with zero attached hydrogens (tertiary/aromatic N) is 2. The molecular formula is C12H23ClN2. The van der Waals surface area contributed by atoms with Crippen molar-refractivity contribution in [3.8, 4) is 0 Å². The first-order valence-electron chi connectivity index (χ1n) is 6.33. The molecule has 0 bridgehead atoms. The maximum Gasteiger partial charge on any atom is 0.0382 e. The fourth-order valence-corrected chi connectivity index (χ4v) is 3.39. The molecule has 3 heteroatoms. The first kappa shape index (κ1) is 11.7. The summed E-state index contributed by atoms with van der Waals surface area (Å²) in [6, 6.07) is 0.634. The topological polar surface area (TPSA) is 6.48 Å². The SMILES string of the molecule is CC1CCN(CCN2CCCC2)C1CCl. The monoisotopic (exact) mass is 230 g/mol. The first-order chi connectivity index (χ1) is 7.31. The average Bonchev–Trinajstić information content (AvgIpc) is 2.84. The molecule has 88 valence electrons. The molecule has 2 fully saturated rings. The van der Waals surface area contributed by atoms with E-state index < -0.39 is 0 Å². The van der Waals surface area contributed by atoms with E-state index >= 15 is 0 Å². The molecule has 0 aromatic carbocycles. The number of hydrogen-bond acceptors (Lipinski definition) is 2. The standard InChI is InChI=1S/C12H23ClN2/c1-11-4-7-15(12(11)10-13)9-8-14-5-2-3-6-14/h11-12H,2-10H2,1H3. The Morgan fingerprint density at radius 1 is 1.13 bits per heavy atom. The van der Waals surface area contributed by atoms with Crippen molar-refractivity contribution in [2.75, 3.05) is 38.6 Å². The summed E-state index contributed by atoms with van der Waals surface area (Å²) in [5.74, 6) is 1.60. The normalized spacial score (nSPS) is 34.0. The van der Waals surface area contributed by atoms with Crippen LogP contribution in [0.4, 0.5) is 0 Å². The number of alkyl halides is 1. The molecule has 2 saturated heterocycles. The molecule has 2 aliphatic rings.